The summed E-state index contributed by atoms with van der Waals surface area (Å²) >= 11 is 0. The number of nitrogens with one attached hydrogen (secondary N) is 1. The molecule has 2 unspecified atom stereocenters. The zero-order valence-electron chi connectivity index (χ0n) is 12.8. The molecule has 1 rings (SSSR count). The van der Waals surface area contributed by atoms with Gasteiger partial charge in [0, 0.05) is 11.6 Å². The Bertz CT molecular complexity index is 379. The summed E-state index contributed by atoms with van der Waals surface area (Å²) in [5.74, 6) is 0.899. The third-order valence-corrected chi connectivity index (χ3v) is 3.41. The van der Waals surface area contributed by atoms with Gasteiger partial charge in [-0.25, -0.2) is 0 Å². The summed E-state index contributed by atoms with van der Waals surface area (Å²) < 4.78 is 11.2. The fraction of sp³-hybridized carbons (Fsp3) is 0.625. The maximum Gasteiger partial charge on any atom is 0.124 e. The Morgan fingerprint density at radius 2 is 1.95 bits per heavy atom. The molecule has 0 heterocycles. The zero-order chi connectivity index (χ0) is 14.3. The van der Waals surface area contributed by atoms with Crippen LogP contribution < -0.4 is 10.1 Å². The van der Waals surface area contributed by atoms with Gasteiger partial charge >= 0.3 is 0 Å². The predicted molar refractivity (Wildman–Crippen MR) is 79.6 cm³/mol. The van der Waals surface area contributed by atoms with Crippen molar-refractivity contribution < 1.29 is 9.47 Å². The minimum absolute atomic E-state index is 0.277. The van der Waals surface area contributed by atoms with E-state index in [4.69, 9.17) is 9.47 Å². The van der Waals surface area contributed by atoms with E-state index in [2.05, 4.69) is 45.1 Å². The Labute approximate surface area is 117 Å². The largest absolute Gasteiger partial charge is 0.496 e. The van der Waals surface area contributed by atoms with Crippen LogP contribution in [0, 0.1) is 0 Å². The molecule has 0 fully saturated rings. The fourth-order valence-electron chi connectivity index (χ4n) is 1.95. The maximum absolute atomic E-state index is 5.81. The first-order valence-electron chi connectivity index (χ1n) is 7.14. The molecule has 0 saturated heterocycles. The minimum atomic E-state index is 0.277. The molecule has 3 heteroatoms. The van der Waals surface area contributed by atoms with E-state index >= 15 is 0 Å². The number of benzene rings is 1. The van der Waals surface area contributed by atoms with Gasteiger partial charge in [-0.2, -0.15) is 0 Å². The first-order valence-corrected chi connectivity index (χ1v) is 7.14. The van der Waals surface area contributed by atoms with Crippen molar-refractivity contribution in [1.82, 2.24) is 5.32 Å². The molecule has 0 amide bonds. The van der Waals surface area contributed by atoms with Crippen molar-refractivity contribution in [3.05, 3.63) is 29.3 Å². The third-order valence-electron chi connectivity index (χ3n) is 3.41. The molecular weight excluding hydrogens is 238 g/mol. The second-order valence-electron chi connectivity index (χ2n) is 4.88. The summed E-state index contributed by atoms with van der Waals surface area (Å²) in [4.78, 5) is 0. The molecule has 1 aromatic carbocycles. The Hall–Kier alpha value is -1.06. The lowest BCUT2D eigenvalue weighted by atomic mass is 10.0. The summed E-state index contributed by atoms with van der Waals surface area (Å²) in [6.45, 7) is 10.1. The van der Waals surface area contributed by atoms with Gasteiger partial charge in [0.15, 0.2) is 0 Å². The average Bonchev–Trinajstić information content (AvgIpc) is 2.44. The lowest BCUT2D eigenvalue weighted by Crippen LogP contribution is -2.18. The van der Waals surface area contributed by atoms with E-state index in [1.54, 1.807) is 7.11 Å². The van der Waals surface area contributed by atoms with Crippen molar-refractivity contribution in [2.75, 3.05) is 13.7 Å². The standard InChI is InChI=1S/C16H27NO2/c1-6-12(3)19-11-15-10-14(13(4)17-7-2)8-9-16(15)18-5/h8-10,12-13,17H,6-7,11H2,1-5H3. The third kappa shape index (κ3) is 4.84. The lowest BCUT2D eigenvalue weighted by Gasteiger charge is -2.17. The van der Waals surface area contributed by atoms with E-state index < -0.39 is 0 Å². The summed E-state index contributed by atoms with van der Waals surface area (Å²) in [5.41, 5.74) is 2.38. The predicted octanol–water partition coefficient (Wildman–Crippen LogP) is 3.68. The molecule has 0 aliphatic heterocycles. The van der Waals surface area contributed by atoms with Crippen molar-refractivity contribution in [2.24, 2.45) is 0 Å². The highest BCUT2D eigenvalue weighted by molar-refractivity contribution is 5.38. The smallest absolute Gasteiger partial charge is 0.124 e. The molecule has 0 radical (unpaired) electrons. The average molecular weight is 265 g/mol. The van der Waals surface area contributed by atoms with Crippen LogP contribution in [0.5, 0.6) is 5.75 Å². The molecule has 0 bridgehead atoms. The van der Waals surface area contributed by atoms with Gasteiger partial charge in [-0.05, 0) is 44.5 Å². The second-order valence-corrected chi connectivity index (χ2v) is 4.88. The molecule has 3 nitrogen and oxygen atoms in total. The second kappa shape index (κ2) is 8.18. The van der Waals surface area contributed by atoms with Crippen LogP contribution in [0.25, 0.3) is 0 Å². The maximum atomic E-state index is 5.81. The SMILES string of the molecule is CCNC(C)c1ccc(OC)c(COC(C)CC)c1. The minimum Gasteiger partial charge on any atom is -0.496 e. The highest BCUT2D eigenvalue weighted by atomic mass is 16.5. The van der Waals surface area contributed by atoms with Crippen LogP contribution in [0.2, 0.25) is 0 Å². The molecule has 108 valence electrons. The van der Waals surface area contributed by atoms with E-state index in [0.29, 0.717) is 12.6 Å². The number of ether oxygens (including phenoxy) is 2. The molecule has 0 aliphatic rings. The van der Waals surface area contributed by atoms with Crippen LogP contribution in [0.3, 0.4) is 0 Å². The molecule has 0 spiro atoms. The Balaban J connectivity index is 2.83. The van der Waals surface area contributed by atoms with E-state index in [0.717, 1.165) is 24.3 Å². The summed E-state index contributed by atoms with van der Waals surface area (Å²) in [5, 5.41) is 3.42. The highest BCUT2D eigenvalue weighted by Gasteiger charge is 2.10. The van der Waals surface area contributed by atoms with Gasteiger partial charge in [-0.3, -0.25) is 0 Å². The Morgan fingerprint density at radius 1 is 1.21 bits per heavy atom. The topological polar surface area (TPSA) is 30.5 Å². The normalized spacial score (nSPS) is 14.2. The number of methoxy groups -OCH3 is 1. The van der Waals surface area contributed by atoms with Crippen molar-refractivity contribution in [1.29, 1.82) is 0 Å². The Morgan fingerprint density at radius 3 is 2.53 bits per heavy atom. The van der Waals surface area contributed by atoms with Crippen molar-refractivity contribution in [2.45, 2.75) is 52.9 Å². The summed E-state index contributed by atoms with van der Waals surface area (Å²) in [7, 11) is 1.70. The number of hydrogen-bond donors (Lipinski definition) is 1. The van der Waals surface area contributed by atoms with Crippen molar-refractivity contribution in [3.8, 4) is 5.75 Å². The molecule has 0 aliphatic carbocycles. The first-order chi connectivity index (χ1) is 9.12. The number of hydrogen-bond acceptors (Lipinski definition) is 3. The molecular formula is C16H27NO2. The van der Waals surface area contributed by atoms with Gasteiger partial charge in [-0.15, -0.1) is 0 Å². The monoisotopic (exact) mass is 265 g/mol. The van der Waals surface area contributed by atoms with Crippen LogP contribution in [-0.2, 0) is 11.3 Å². The lowest BCUT2D eigenvalue weighted by molar-refractivity contribution is 0.0497. The van der Waals surface area contributed by atoms with Crippen LogP contribution >= 0.6 is 0 Å². The zero-order valence-corrected chi connectivity index (χ0v) is 12.8. The highest BCUT2D eigenvalue weighted by Crippen LogP contribution is 2.24. The van der Waals surface area contributed by atoms with Crippen molar-refractivity contribution >= 4 is 0 Å². The van der Waals surface area contributed by atoms with Crippen LogP contribution in [0.1, 0.15) is 51.3 Å². The quantitative estimate of drug-likeness (QED) is 0.777. The molecule has 19 heavy (non-hydrogen) atoms. The van der Waals surface area contributed by atoms with E-state index in [-0.39, 0.29) is 6.10 Å². The van der Waals surface area contributed by atoms with E-state index in [1.807, 2.05) is 6.07 Å². The Kier molecular flexibility index (Phi) is 6.89. The number of rotatable bonds is 8. The van der Waals surface area contributed by atoms with Gasteiger partial charge < -0.3 is 14.8 Å². The molecule has 0 saturated carbocycles. The molecule has 1 aromatic rings. The van der Waals surface area contributed by atoms with Gasteiger partial charge in [0.25, 0.3) is 0 Å². The summed E-state index contributed by atoms with van der Waals surface area (Å²) in [6, 6.07) is 6.66. The molecule has 0 aromatic heterocycles. The molecule has 1 N–H and O–H groups in total. The van der Waals surface area contributed by atoms with Gasteiger partial charge in [-0.1, -0.05) is 19.9 Å². The van der Waals surface area contributed by atoms with Crippen molar-refractivity contribution in [3.63, 3.8) is 0 Å². The fourth-order valence-corrected chi connectivity index (χ4v) is 1.95. The van der Waals surface area contributed by atoms with Crippen LogP contribution in [0.4, 0.5) is 0 Å². The molecule has 2 atom stereocenters. The van der Waals surface area contributed by atoms with Crippen LogP contribution in [-0.4, -0.2) is 19.8 Å². The van der Waals surface area contributed by atoms with Gasteiger partial charge in [0.2, 0.25) is 0 Å². The van der Waals surface area contributed by atoms with E-state index in [1.165, 1.54) is 5.56 Å². The van der Waals surface area contributed by atoms with Gasteiger partial charge in [0.1, 0.15) is 5.75 Å². The first kappa shape index (κ1) is 16.0. The summed E-state index contributed by atoms with van der Waals surface area (Å²) in [6.07, 6.45) is 1.30. The van der Waals surface area contributed by atoms with E-state index in [9.17, 15) is 0 Å². The van der Waals surface area contributed by atoms with Crippen LogP contribution in [0.15, 0.2) is 18.2 Å². The van der Waals surface area contributed by atoms with Gasteiger partial charge in [0.05, 0.1) is 19.8 Å².